The standard InChI is InChI=1S/C16H21NO3/c18-15(11-13-5-2-1-3-6-13)17-10-4-7-14(12-17)8-9-16(19)20/h1-3,5-6,14H,4,7-12H2,(H,19,20)/t14-/m1/s1. The fourth-order valence-electron chi connectivity index (χ4n) is 2.74. The van der Waals surface area contributed by atoms with Gasteiger partial charge in [-0.15, -0.1) is 0 Å². The van der Waals surface area contributed by atoms with Crippen LogP contribution in [-0.2, 0) is 16.0 Å². The normalized spacial score (nSPS) is 18.8. The minimum absolute atomic E-state index is 0.149. The number of amides is 1. The fraction of sp³-hybridized carbons (Fsp3) is 0.500. The summed E-state index contributed by atoms with van der Waals surface area (Å²) in [5.41, 5.74) is 1.03. The highest BCUT2D eigenvalue weighted by Gasteiger charge is 2.23. The van der Waals surface area contributed by atoms with Crippen molar-refractivity contribution >= 4 is 11.9 Å². The monoisotopic (exact) mass is 275 g/mol. The number of carboxylic acid groups (broad SMARTS) is 1. The van der Waals surface area contributed by atoms with Gasteiger partial charge in [-0.3, -0.25) is 9.59 Å². The highest BCUT2D eigenvalue weighted by Crippen LogP contribution is 2.21. The number of carboxylic acids is 1. The molecule has 1 aliphatic heterocycles. The first-order valence-electron chi connectivity index (χ1n) is 7.18. The Labute approximate surface area is 119 Å². The fourth-order valence-corrected chi connectivity index (χ4v) is 2.74. The van der Waals surface area contributed by atoms with Gasteiger partial charge in [-0.25, -0.2) is 0 Å². The Hall–Kier alpha value is -1.84. The third-order valence-corrected chi connectivity index (χ3v) is 3.84. The third-order valence-electron chi connectivity index (χ3n) is 3.84. The van der Waals surface area contributed by atoms with Gasteiger partial charge in [0.05, 0.1) is 6.42 Å². The molecule has 1 heterocycles. The lowest BCUT2D eigenvalue weighted by atomic mass is 9.93. The Morgan fingerprint density at radius 2 is 2.00 bits per heavy atom. The number of nitrogens with zero attached hydrogens (tertiary/aromatic N) is 1. The number of aliphatic carboxylic acids is 1. The molecule has 1 fully saturated rings. The second-order valence-electron chi connectivity index (χ2n) is 5.44. The molecule has 20 heavy (non-hydrogen) atoms. The maximum atomic E-state index is 12.3. The minimum Gasteiger partial charge on any atom is -0.481 e. The highest BCUT2D eigenvalue weighted by molar-refractivity contribution is 5.78. The van der Waals surface area contributed by atoms with Crippen LogP contribution < -0.4 is 0 Å². The van der Waals surface area contributed by atoms with Crippen molar-refractivity contribution in [2.75, 3.05) is 13.1 Å². The summed E-state index contributed by atoms with van der Waals surface area (Å²) in [6.45, 7) is 1.51. The number of rotatable bonds is 5. The van der Waals surface area contributed by atoms with Gasteiger partial charge >= 0.3 is 5.97 Å². The number of piperidine rings is 1. The molecule has 1 aromatic carbocycles. The van der Waals surface area contributed by atoms with Crippen LogP contribution in [0.4, 0.5) is 0 Å². The second kappa shape index (κ2) is 7.08. The topological polar surface area (TPSA) is 57.6 Å². The third kappa shape index (κ3) is 4.37. The second-order valence-corrected chi connectivity index (χ2v) is 5.44. The van der Waals surface area contributed by atoms with Crippen LogP contribution in [0.1, 0.15) is 31.2 Å². The SMILES string of the molecule is O=C(O)CC[C@H]1CCCN(C(=O)Cc2ccccc2)C1. The zero-order chi connectivity index (χ0) is 14.4. The Balaban J connectivity index is 1.85. The van der Waals surface area contributed by atoms with E-state index in [0.717, 1.165) is 24.9 Å². The first-order chi connectivity index (χ1) is 9.65. The first kappa shape index (κ1) is 14.6. The van der Waals surface area contributed by atoms with Crippen LogP contribution in [0.25, 0.3) is 0 Å². The van der Waals surface area contributed by atoms with Crippen LogP contribution in [-0.4, -0.2) is 35.0 Å². The summed E-state index contributed by atoms with van der Waals surface area (Å²) in [6, 6.07) is 9.74. The van der Waals surface area contributed by atoms with Gasteiger partial charge in [-0.1, -0.05) is 30.3 Å². The molecule has 1 saturated heterocycles. The van der Waals surface area contributed by atoms with E-state index in [2.05, 4.69) is 0 Å². The van der Waals surface area contributed by atoms with Crippen molar-refractivity contribution in [1.82, 2.24) is 4.90 Å². The van der Waals surface area contributed by atoms with E-state index in [1.807, 2.05) is 35.2 Å². The van der Waals surface area contributed by atoms with Gasteiger partial charge in [0.15, 0.2) is 0 Å². The number of likely N-dealkylation sites (tertiary alicyclic amines) is 1. The molecule has 0 unspecified atom stereocenters. The van der Waals surface area contributed by atoms with Crippen LogP contribution >= 0.6 is 0 Å². The van der Waals surface area contributed by atoms with E-state index < -0.39 is 5.97 Å². The summed E-state index contributed by atoms with van der Waals surface area (Å²) in [7, 11) is 0. The molecule has 4 nitrogen and oxygen atoms in total. The zero-order valence-corrected chi connectivity index (χ0v) is 11.6. The molecule has 0 spiro atoms. The average Bonchev–Trinajstić information content (AvgIpc) is 2.46. The maximum absolute atomic E-state index is 12.3. The molecular weight excluding hydrogens is 254 g/mol. The lowest BCUT2D eigenvalue weighted by Crippen LogP contribution is -2.40. The van der Waals surface area contributed by atoms with Crippen molar-refractivity contribution in [2.24, 2.45) is 5.92 Å². The van der Waals surface area contributed by atoms with Gasteiger partial charge < -0.3 is 10.0 Å². The first-order valence-corrected chi connectivity index (χ1v) is 7.18. The summed E-state index contributed by atoms with van der Waals surface area (Å²) < 4.78 is 0. The van der Waals surface area contributed by atoms with Crippen molar-refractivity contribution < 1.29 is 14.7 Å². The molecular formula is C16H21NO3. The molecule has 0 saturated carbocycles. The molecule has 1 N–H and O–H groups in total. The van der Waals surface area contributed by atoms with Gasteiger partial charge in [-0.05, 0) is 30.7 Å². The molecule has 108 valence electrons. The molecule has 0 radical (unpaired) electrons. The van der Waals surface area contributed by atoms with E-state index in [1.165, 1.54) is 0 Å². The van der Waals surface area contributed by atoms with E-state index in [1.54, 1.807) is 0 Å². The number of hydrogen-bond donors (Lipinski definition) is 1. The molecule has 1 aromatic rings. The van der Waals surface area contributed by atoms with E-state index in [9.17, 15) is 9.59 Å². The predicted molar refractivity (Wildman–Crippen MR) is 76.3 cm³/mol. The van der Waals surface area contributed by atoms with Crippen molar-refractivity contribution in [3.8, 4) is 0 Å². The summed E-state index contributed by atoms with van der Waals surface area (Å²) in [4.78, 5) is 24.8. The van der Waals surface area contributed by atoms with Crippen LogP contribution in [0.2, 0.25) is 0 Å². The van der Waals surface area contributed by atoms with Gasteiger partial charge in [0, 0.05) is 19.5 Å². The number of hydrogen-bond acceptors (Lipinski definition) is 2. The molecule has 4 heteroatoms. The highest BCUT2D eigenvalue weighted by atomic mass is 16.4. The summed E-state index contributed by atoms with van der Waals surface area (Å²) >= 11 is 0. The van der Waals surface area contributed by atoms with Crippen molar-refractivity contribution in [3.63, 3.8) is 0 Å². The smallest absolute Gasteiger partial charge is 0.303 e. The summed E-state index contributed by atoms with van der Waals surface area (Å²) in [5, 5.41) is 8.73. The van der Waals surface area contributed by atoms with E-state index >= 15 is 0 Å². The molecule has 2 rings (SSSR count). The number of carbonyl (C=O) groups excluding carboxylic acids is 1. The molecule has 0 aliphatic carbocycles. The van der Waals surface area contributed by atoms with E-state index in [-0.39, 0.29) is 12.3 Å². The molecule has 0 aromatic heterocycles. The van der Waals surface area contributed by atoms with Crippen molar-refractivity contribution in [2.45, 2.75) is 32.1 Å². The van der Waals surface area contributed by atoms with Crippen molar-refractivity contribution in [1.29, 1.82) is 0 Å². The Morgan fingerprint density at radius 1 is 1.25 bits per heavy atom. The minimum atomic E-state index is -0.752. The Morgan fingerprint density at radius 3 is 2.70 bits per heavy atom. The van der Waals surface area contributed by atoms with Gasteiger partial charge in [0.1, 0.15) is 0 Å². The van der Waals surface area contributed by atoms with Crippen LogP contribution in [0.15, 0.2) is 30.3 Å². The molecule has 1 amide bonds. The van der Waals surface area contributed by atoms with E-state index in [0.29, 0.717) is 25.3 Å². The lowest BCUT2D eigenvalue weighted by Gasteiger charge is -2.32. The Bertz CT molecular complexity index is 458. The quantitative estimate of drug-likeness (QED) is 0.897. The molecule has 0 bridgehead atoms. The van der Waals surface area contributed by atoms with Gasteiger partial charge in [0.25, 0.3) is 0 Å². The van der Waals surface area contributed by atoms with Gasteiger partial charge in [-0.2, -0.15) is 0 Å². The number of benzene rings is 1. The van der Waals surface area contributed by atoms with Crippen molar-refractivity contribution in [3.05, 3.63) is 35.9 Å². The lowest BCUT2D eigenvalue weighted by molar-refractivity contribution is -0.137. The summed E-state index contributed by atoms with van der Waals surface area (Å²) in [6.07, 6.45) is 3.32. The zero-order valence-electron chi connectivity index (χ0n) is 11.6. The molecule has 1 atom stereocenters. The maximum Gasteiger partial charge on any atom is 0.303 e. The Kier molecular flexibility index (Phi) is 5.16. The predicted octanol–water partition coefficient (Wildman–Crippen LogP) is 2.33. The molecule has 1 aliphatic rings. The van der Waals surface area contributed by atoms with Crippen LogP contribution in [0.3, 0.4) is 0 Å². The van der Waals surface area contributed by atoms with Crippen LogP contribution in [0.5, 0.6) is 0 Å². The average molecular weight is 275 g/mol. The summed E-state index contributed by atoms with van der Waals surface area (Å²) in [5.74, 6) is -0.270. The largest absolute Gasteiger partial charge is 0.481 e. The number of carbonyl (C=O) groups is 2. The van der Waals surface area contributed by atoms with Gasteiger partial charge in [0.2, 0.25) is 5.91 Å². The van der Waals surface area contributed by atoms with Crippen LogP contribution in [0, 0.1) is 5.92 Å². The van der Waals surface area contributed by atoms with E-state index in [4.69, 9.17) is 5.11 Å².